The molecule has 6 nitrogen and oxygen atoms in total. The molecule has 0 aromatic heterocycles. The number of carbonyl (C=O) groups is 1. The highest BCUT2D eigenvalue weighted by Gasteiger charge is 2.24. The molecule has 1 N–H and O–H groups in total. The third-order valence-electron chi connectivity index (χ3n) is 3.72. The first-order chi connectivity index (χ1) is 10.3. The molecule has 1 aliphatic rings. The van der Waals surface area contributed by atoms with Gasteiger partial charge in [-0.05, 0) is 38.0 Å². The Balaban J connectivity index is 2.17. The van der Waals surface area contributed by atoms with Gasteiger partial charge in [0.1, 0.15) is 0 Å². The molecule has 0 bridgehead atoms. The van der Waals surface area contributed by atoms with Crippen LogP contribution in [0.3, 0.4) is 0 Å². The predicted octanol–water partition coefficient (Wildman–Crippen LogP) is 1.28. The third kappa shape index (κ3) is 4.06. The molecule has 1 aromatic carbocycles. The van der Waals surface area contributed by atoms with Crippen LogP contribution in [-0.2, 0) is 10.0 Å². The van der Waals surface area contributed by atoms with E-state index in [9.17, 15) is 13.2 Å². The molecular formula is C15H19N3O3S. The van der Waals surface area contributed by atoms with Crippen molar-refractivity contribution in [1.29, 1.82) is 5.26 Å². The maximum atomic E-state index is 11.8. The number of Topliss-reactive ketones (excluding diaryl/α,β-unsaturated/α-hetero) is 1. The molecule has 0 spiro atoms. The van der Waals surface area contributed by atoms with Gasteiger partial charge in [0.2, 0.25) is 10.0 Å². The first-order valence-corrected chi connectivity index (χ1v) is 8.96. The van der Waals surface area contributed by atoms with Crippen LogP contribution in [0.25, 0.3) is 0 Å². The van der Waals surface area contributed by atoms with Gasteiger partial charge in [-0.15, -0.1) is 0 Å². The van der Waals surface area contributed by atoms with Crippen molar-refractivity contribution in [1.82, 2.24) is 4.72 Å². The Bertz CT molecular complexity index is 714. The average molecular weight is 321 g/mol. The van der Waals surface area contributed by atoms with Crippen molar-refractivity contribution in [2.75, 3.05) is 24.2 Å². The Morgan fingerprint density at radius 3 is 2.50 bits per heavy atom. The summed E-state index contributed by atoms with van der Waals surface area (Å²) in [5.74, 6) is -0.0455. The molecule has 0 unspecified atom stereocenters. The highest BCUT2D eigenvalue weighted by Crippen LogP contribution is 2.26. The van der Waals surface area contributed by atoms with Crippen LogP contribution in [0.4, 0.5) is 5.69 Å². The molecule has 0 aliphatic carbocycles. The lowest BCUT2D eigenvalue weighted by atomic mass is 10.0. The Morgan fingerprint density at radius 2 is 2.00 bits per heavy atom. The van der Waals surface area contributed by atoms with Gasteiger partial charge in [0, 0.05) is 30.4 Å². The van der Waals surface area contributed by atoms with Crippen molar-refractivity contribution in [2.45, 2.75) is 25.8 Å². The lowest BCUT2D eigenvalue weighted by Crippen LogP contribution is -2.44. The van der Waals surface area contributed by atoms with E-state index in [1.54, 1.807) is 18.2 Å². The van der Waals surface area contributed by atoms with Gasteiger partial charge in [0.25, 0.3) is 0 Å². The molecule has 0 amide bonds. The number of rotatable bonds is 4. The summed E-state index contributed by atoms with van der Waals surface area (Å²) >= 11 is 0. The Kier molecular flexibility index (Phi) is 4.84. The molecule has 0 saturated carbocycles. The molecular weight excluding hydrogens is 302 g/mol. The SMILES string of the molecule is CC(=O)c1ccc(C#N)cc1N1CCC(NS(C)(=O)=O)CC1. The molecule has 1 fully saturated rings. The fourth-order valence-corrected chi connectivity index (χ4v) is 3.54. The van der Waals surface area contributed by atoms with E-state index >= 15 is 0 Å². The molecule has 2 rings (SSSR count). The summed E-state index contributed by atoms with van der Waals surface area (Å²) in [5, 5.41) is 9.03. The van der Waals surface area contributed by atoms with Gasteiger partial charge in [-0.1, -0.05) is 0 Å². The minimum absolute atomic E-state index is 0.0455. The Morgan fingerprint density at radius 1 is 1.36 bits per heavy atom. The van der Waals surface area contributed by atoms with Gasteiger partial charge >= 0.3 is 0 Å². The molecule has 1 aromatic rings. The van der Waals surface area contributed by atoms with E-state index in [-0.39, 0.29) is 11.8 Å². The van der Waals surface area contributed by atoms with Crippen molar-refractivity contribution in [2.24, 2.45) is 0 Å². The summed E-state index contributed by atoms with van der Waals surface area (Å²) in [6, 6.07) is 7.04. The maximum absolute atomic E-state index is 11.8. The number of hydrogen-bond donors (Lipinski definition) is 1. The van der Waals surface area contributed by atoms with E-state index < -0.39 is 10.0 Å². The lowest BCUT2D eigenvalue weighted by Gasteiger charge is -2.34. The van der Waals surface area contributed by atoms with Crippen LogP contribution >= 0.6 is 0 Å². The summed E-state index contributed by atoms with van der Waals surface area (Å²) in [6.45, 7) is 2.79. The van der Waals surface area contributed by atoms with Crippen molar-refractivity contribution in [3.05, 3.63) is 29.3 Å². The number of anilines is 1. The minimum Gasteiger partial charge on any atom is -0.371 e. The van der Waals surface area contributed by atoms with Crippen molar-refractivity contribution in [3.63, 3.8) is 0 Å². The number of nitrogens with one attached hydrogen (secondary N) is 1. The quantitative estimate of drug-likeness (QED) is 0.844. The fourth-order valence-electron chi connectivity index (χ4n) is 2.70. The zero-order valence-corrected chi connectivity index (χ0v) is 13.5. The van der Waals surface area contributed by atoms with Crippen molar-refractivity contribution in [3.8, 4) is 6.07 Å². The van der Waals surface area contributed by atoms with Crippen LogP contribution in [0.1, 0.15) is 35.7 Å². The predicted molar refractivity (Wildman–Crippen MR) is 84.4 cm³/mol. The van der Waals surface area contributed by atoms with Gasteiger partial charge in [-0.3, -0.25) is 4.79 Å². The molecule has 1 aliphatic heterocycles. The molecule has 22 heavy (non-hydrogen) atoms. The molecule has 7 heteroatoms. The highest BCUT2D eigenvalue weighted by molar-refractivity contribution is 7.88. The molecule has 0 atom stereocenters. The van der Waals surface area contributed by atoms with Gasteiger partial charge in [0.05, 0.1) is 17.9 Å². The number of hydrogen-bond acceptors (Lipinski definition) is 5. The number of benzene rings is 1. The average Bonchev–Trinajstić information content (AvgIpc) is 2.45. The van der Waals surface area contributed by atoms with E-state index in [2.05, 4.69) is 10.8 Å². The monoisotopic (exact) mass is 321 g/mol. The fraction of sp³-hybridized carbons (Fsp3) is 0.467. The third-order valence-corrected chi connectivity index (χ3v) is 4.48. The van der Waals surface area contributed by atoms with Gasteiger partial charge < -0.3 is 4.90 Å². The van der Waals surface area contributed by atoms with Crippen LogP contribution in [-0.4, -0.2) is 39.6 Å². The zero-order chi connectivity index (χ0) is 16.3. The van der Waals surface area contributed by atoms with Gasteiger partial charge in [-0.25, -0.2) is 13.1 Å². The summed E-state index contributed by atoms with van der Waals surface area (Å²) in [5.41, 5.74) is 1.86. The molecule has 1 saturated heterocycles. The van der Waals surface area contributed by atoms with Crippen LogP contribution in [0.2, 0.25) is 0 Å². The second-order valence-corrected chi connectivity index (χ2v) is 7.33. The van der Waals surface area contributed by atoms with Crippen LogP contribution in [0.5, 0.6) is 0 Å². The number of nitriles is 1. The lowest BCUT2D eigenvalue weighted by molar-refractivity contribution is 0.101. The number of carbonyl (C=O) groups excluding carboxylic acids is 1. The van der Waals surface area contributed by atoms with Crippen LogP contribution in [0, 0.1) is 11.3 Å². The highest BCUT2D eigenvalue weighted by atomic mass is 32.2. The number of sulfonamides is 1. The van der Waals surface area contributed by atoms with E-state index in [4.69, 9.17) is 5.26 Å². The summed E-state index contributed by atoms with van der Waals surface area (Å²) in [4.78, 5) is 13.8. The number of ketones is 1. The van der Waals surface area contributed by atoms with Crippen LogP contribution < -0.4 is 9.62 Å². The summed E-state index contributed by atoms with van der Waals surface area (Å²) in [7, 11) is -3.20. The number of nitrogens with zero attached hydrogens (tertiary/aromatic N) is 2. The van der Waals surface area contributed by atoms with Gasteiger partial charge in [-0.2, -0.15) is 5.26 Å². The molecule has 1 heterocycles. The number of piperidine rings is 1. The van der Waals surface area contributed by atoms with Crippen molar-refractivity contribution < 1.29 is 13.2 Å². The first-order valence-electron chi connectivity index (χ1n) is 7.07. The first kappa shape index (κ1) is 16.5. The Hall–Kier alpha value is -1.91. The molecule has 118 valence electrons. The van der Waals surface area contributed by atoms with Crippen molar-refractivity contribution >= 4 is 21.5 Å². The maximum Gasteiger partial charge on any atom is 0.208 e. The molecule has 0 radical (unpaired) electrons. The van der Waals surface area contributed by atoms with Gasteiger partial charge in [0.15, 0.2) is 5.78 Å². The minimum atomic E-state index is -3.20. The largest absolute Gasteiger partial charge is 0.371 e. The van der Waals surface area contributed by atoms with Crippen LogP contribution in [0.15, 0.2) is 18.2 Å². The topological polar surface area (TPSA) is 90.3 Å². The van der Waals surface area contributed by atoms with E-state index in [0.717, 1.165) is 11.9 Å². The van der Waals surface area contributed by atoms with E-state index in [1.807, 2.05) is 4.90 Å². The standard InChI is InChI=1S/C15H19N3O3S/c1-11(19)14-4-3-12(10-16)9-15(14)18-7-5-13(6-8-18)17-22(2,20)21/h3-4,9,13,17H,5-8H2,1-2H3. The zero-order valence-electron chi connectivity index (χ0n) is 12.7. The van der Waals surface area contributed by atoms with E-state index in [0.29, 0.717) is 37.1 Å². The summed E-state index contributed by atoms with van der Waals surface area (Å²) in [6.07, 6.45) is 2.49. The second kappa shape index (κ2) is 6.46. The second-order valence-electron chi connectivity index (χ2n) is 5.55. The van der Waals surface area contributed by atoms with E-state index in [1.165, 1.54) is 6.92 Å². The summed E-state index contributed by atoms with van der Waals surface area (Å²) < 4.78 is 25.2. The Labute approximate surface area is 130 Å². The smallest absolute Gasteiger partial charge is 0.208 e. The normalized spacial score (nSPS) is 16.3.